The fourth-order valence-corrected chi connectivity index (χ4v) is 4.49. The van der Waals surface area contributed by atoms with Crippen LogP contribution < -0.4 is 10.1 Å². The molecule has 12 heteroatoms. The number of alkyl halides is 3. The topological polar surface area (TPSA) is 108 Å². The van der Waals surface area contributed by atoms with Gasteiger partial charge in [-0.1, -0.05) is 12.1 Å². The van der Waals surface area contributed by atoms with Crippen LogP contribution in [0.5, 0.6) is 5.75 Å². The highest BCUT2D eigenvalue weighted by atomic mass is 127. The van der Waals surface area contributed by atoms with Gasteiger partial charge in [0.05, 0.1) is 16.2 Å². The van der Waals surface area contributed by atoms with E-state index >= 15 is 0 Å². The lowest BCUT2D eigenvalue weighted by atomic mass is 9.87. The first-order valence-electron chi connectivity index (χ1n) is 10.8. The van der Waals surface area contributed by atoms with Gasteiger partial charge in [0, 0.05) is 25.1 Å². The van der Waals surface area contributed by atoms with E-state index < -0.39 is 48.9 Å². The van der Waals surface area contributed by atoms with E-state index in [9.17, 15) is 27.9 Å². The van der Waals surface area contributed by atoms with Crippen molar-refractivity contribution in [2.45, 2.75) is 49.8 Å². The van der Waals surface area contributed by atoms with E-state index in [1.807, 2.05) is 22.6 Å². The number of carbonyl (C=O) groups excluding carboxylic acids is 2. The van der Waals surface area contributed by atoms with Crippen LogP contribution in [0.1, 0.15) is 19.3 Å². The first-order chi connectivity index (χ1) is 16.1. The predicted octanol–water partition coefficient (Wildman–Crippen LogP) is 1.78. The van der Waals surface area contributed by atoms with Crippen LogP contribution in [-0.4, -0.2) is 83.8 Å². The lowest BCUT2D eigenvalue weighted by Crippen LogP contribution is -2.58. The van der Waals surface area contributed by atoms with Gasteiger partial charge < -0.3 is 29.9 Å². The Morgan fingerprint density at radius 3 is 2.65 bits per heavy atom. The smallest absolute Gasteiger partial charge is 0.406 e. The molecule has 4 atom stereocenters. The Bertz CT molecular complexity index is 907. The fraction of sp³-hybridized carbons (Fsp3) is 0.545. The Balaban J connectivity index is 1.95. The van der Waals surface area contributed by atoms with E-state index in [4.69, 9.17) is 14.6 Å². The third-order valence-corrected chi connectivity index (χ3v) is 6.44. The van der Waals surface area contributed by atoms with Crippen molar-refractivity contribution in [3.63, 3.8) is 0 Å². The maximum Gasteiger partial charge on any atom is 0.406 e. The van der Waals surface area contributed by atoms with Crippen molar-refractivity contribution in [1.82, 2.24) is 10.2 Å². The van der Waals surface area contributed by atoms with E-state index in [0.29, 0.717) is 20.6 Å². The van der Waals surface area contributed by atoms with Crippen LogP contribution in [0.2, 0.25) is 0 Å². The van der Waals surface area contributed by atoms with Crippen LogP contribution in [0.3, 0.4) is 0 Å². The van der Waals surface area contributed by atoms with Gasteiger partial charge >= 0.3 is 6.18 Å². The van der Waals surface area contributed by atoms with E-state index in [1.54, 1.807) is 24.3 Å². The zero-order valence-corrected chi connectivity index (χ0v) is 20.3. The van der Waals surface area contributed by atoms with Gasteiger partial charge in [-0.2, -0.15) is 13.2 Å². The number of carbonyl (C=O) groups is 2. The average molecular weight is 598 g/mol. The number of ether oxygens (including phenoxy) is 2. The lowest BCUT2D eigenvalue weighted by molar-refractivity contribution is -0.177. The molecule has 34 heavy (non-hydrogen) atoms. The summed E-state index contributed by atoms with van der Waals surface area (Å²) in [7, 11) is 0. The molecule has 1 unspecified atom stereocenters. The van der Waals surface area contributed by atoms with Crippen molar-refractivity contribution in [1.29, 1.82) is 0 Å². The van der Waals surface area contributed by atoms with Crippen LogP contribution >= 0.6 is 22.6 Å². The number of hydrogen-bond acceptors (Lipinski definition) is 6. The Morgan fingerprint density at radius 2 is 2.03 bits per heavy atom. The molecular weight excluding hydrogens is 572 g/mol. The molecule has 2 aliphatic rings. The Kier molecular flexibility index (Phi) is 9.18. The molecule has 188 valence electrons. The minimum atomic E-state index is -4.74. The van der Waals surface area contributed by atoms with Crippen molar-refractivity contribution in [3.05, 3.63) is 39.5 Å². The van der Waals surface area contributed by atoms with Gasteiger partial charge in [-0.25, -0.2) is 0 Å². The summed E-state index contributed by atoms with van der Waals surface area (Å²) in [4.78, 5) is 26.2. The molecule has 0 radical (unpaired) electrons. The molecule has 1 aliphatic heterocycles. The van der Waals surface area contributed by atoms with Crippen LogP contribution in [0.15, 0.2) is 35.9 Å². The number of nitrogens with one attached hydrogen (secondary N) is 1. The maximum absolute atomic E-state index is 13.5. The standard InChI is InChI=1S/C22H26F3IN2O6/c23-22(24,25)12-28(21(32)17-6-3-9-33-17)15-10-13(20(31)27-7-8-29)11-18(19(15)30)34-16-5-2-1-4-14(16)26/h1-2,4-5,11,15,17-19,29-30H,3,6-10,12H2,(H,27,31)/t15-,17?,18+,19+/m1/s1. The van der Waals surface area contributed by atoms with Crippen LogP contribution in [0, 0.1) is 3.57 Å². The Hall–Kier alpha value is -1.90. The van der Waals surface area contributed by atoms with E-state index in [0.717, 1.165) is 0 Å². The predicted molar refractivity (Wildman–Crippen MR) is 123 cm³/mol. The van der Waals surface area contributed by atoms with Gasteiger partial charge in [0.1, 0.15) is 30.6 Å². The number of hydrogen-bond donors (Lipinski definition) is 3. The normalized spacial score (nSPS) is 24.9. The van der Waals surface area contributed by atoms with Crippen LogP contribution in [-0.2, 0) is 14.3 Å². The van der Waals surface area contributed by atoms with Crippen molar-refractivity contribution in [3.8, 4) is 5.75 Å². The van der Waals surface area contributed by atoms with Gasteiger partial charge in [-0.05, 0) is 53.6 Å². The SMILES string of the molecule is O=C(NCCO)C1=C[C@H](Oc2ccccc2I)[C@@H](O)[C@H](N(CC(F)(F)F)C(=O)C2CCCO2)C1. The Morgan fingerprint density at radius 1 is 1.29 bits per heavy atom. The molecule has 0 saturated carbocycles. The molecule has 8 nitrogen and oxygen atoms in total. The highest BCUT2D eigenvalue weighted by molar-refractivity contribution is 14.1. The van der Waals surface area contributed by atoms with Gasteiger partial charge in [-0.15, -0.1) is 0 Å². The zero-order valence-electron chi connectivity index (χ0n) is 18.1. The lowest BCUT2D eigenvalue weighted by Gasteiger charge is -2.41. The van der Waals surface area contributed by atoms with Crippen LogP contribution in [0.4, 0.5) is 13.2 Å². The van der Waals surface area contributed by atoms with Gasteiger partial charge in [-0.3, -0.25) is 9.59 Å². The maximum atomic E-state index is 13.5. The highest BCUT2D eigenvalue weighted by Gasteiger charge is 2.46. The second-order valence-electron chi connectivity index (χ2n) is 8.03. The molecular formula is C22H26F3IN2O6. The summed E-state index contributed by atoms with van der Waals surface area (Å²) >= 11 is 2.01. The largest absolute Gasteiger partial charge is 0.482 e. The van der Waals surface area contributed by atoms with Gasteiger partial charge in [0.15, 0.2) is 0 Å². The molecule has 1 aromatic carbocycles. The summed E-state index contributed by atoms with van der Waals surface area (Å²) in [6.07, 6.45) is -6.68. The molecule has 0 aromatic heterocycles. The molecule has 1 aliphatic carbocycles. The van der Waals surface area contributed by atoms with E-state index in [2.05, 4.69) is 5.32 Å². The second kappa shape index (κ2) is 11.7. The van der Waals surface area contributed by atoms with Crippen molar-refractivity contribution < 1.29 is 42.4 Å². The summed E-state index contributed by atoms with van der Waals surface area (Å²) in [5.74, 6) is -1.14. The summed E-state index contributed by atoms with van der Waals surface area (Å²) in [6.45, 7) is -1.73. The van der Waals surface area contributed by atoms with Crippen molar-refractivity contribution in [2.24, 2.45) is 0 Å². The Labute approximate surface area is 208 Å². The molecule has 0 bridgehead atoms. The molecule has 1 heterocycles. The van der Waals surface area contributed by atoms with Crippen molar-refractivity contribution in [2.75, 3.05) is 26.3 Å². The first-order valence-corrected chi connectivity index (χ1v) is 11.9. The molecule has 1 saturated heterocycles. The number of amides is 2. The minimum Gasteiger partial charge on any atom is -0.482 e. The third-order valence-electron chi connectivity index (χ3n) is 5.55. The molecule has 0 spiro atoms. The monoisotopic (exact) mass is 598 g/mol. The van der Waals surface area contributed by atoms with Gasteiger partial charge in [0.2, 0.25) is 5.91 Å². The number of nitrogens with zero attached hydrogens (tertiary/aromatic N) is 1. The average Bonchev–Trinajstić information content (AvgIpc) is 3.32. The fourth-order valence-electron chi connectivity index (χ4n) is 3.98. The summed E-state index contributed by atoms with van der Waals surface area (Å²) in [6, 6.07) is 5.45. The highest BCUT2D eigenvalue weighted by Crippen LogP contribution is 2.32. The molecule has 2 amide bonds. The van der Waals surface area contributed by atoms with Gasteiger partial charge in [0.25, 0.3) is 5.91 Å². The molecule has 3 N–H and O–H groups in total. The number of rotatable bonds is 8. The number of benzene rings is 1. The number of halogens is 4. The third kappa shape index (κ3) is 6.83. The van der Waals surface area contributed by atoms with Crippen molar-refractivity contribution >= 4 is 34.4 Å². The number of aliphatic hydroxyl groups excluding tert-OH is 2. The summed E-state index contributed by atoms with van der Waals surface area (Å²) in [5, 5.41) is 22.5. The molecule has 1 aromatic rings. The van der Waals surface area contributed by atoms with Crippen LogP contribution in [0.25, 0.3) is 0 Å². The molecule has 1 fully saturated rings. The molecule has 3 rings (SSSR count). The summed E-state index contributed by atoms with van der Waals surface area (Å²) < 4.78 is 52.3. The first kappa shape index (κ1) is 26.7. The number of para-hydroxylation sites is 1. The number of aliphatic hydroxyl groups is 2. The van der Waals surface area contributed by atoms with E-state index in [-0.39, 0.29) is 38.2 Å². The van der Waals surface area contributed by atoms with E-state index in [1.165, 1.54) is 6.08 Å². The second-order valence-corrected chi connectivity index (χ2v) is 9.19. The summed E-state index contributed by atoms with van der Waals surface area (Å²) in [5.41, 5.74) is 0.0482. The zero-order chi connectivity index (χ0) is 24.9. The minimum absolute atomic E-state index is 0.0482. The quantitative estimate of drug-likeness (QED) is 0.394.